The van der Waals surface area contributed by atoms with E-state index in [1.54, 1.807) is 7.11 Å². The van der Waals surface area contributed by atoms with Gasteiger partial charge in [0.15, 0.2) is 8.32 Å². The number of carboxylic acid groups (broad SMARTS) is 1. The van der Waals surface area contributed by atoms with Crippen molar-refractivity contribution in [3.63, 3.8) is 0 Å². The molecule has 1 aromatic heterocycles. The van der Waals surface area contributed by atoms with E-state index in [0.29, 0.717) is 19.7 Å². The van der Waals surface area contributed by atoms with Crippen LogP contribution in [0.25, 0.3) is 0 Å². The molecule has 2 aliphatic rings. The van der Waals surface area contributed by atoms with Gasteiger partial charge in [-0.1, -0.05) is 26.8 Å². The Labute approximate surface area is 175 Å². The molecule has 7 nitrogen and oxygen atoms in total. The zero-order valence-electron chi connectivity index (χ0n) is 18.7. The Bertz CT molecular complexity index is 765. The van der Waals surface area contributed by atoms with Gasteiger partial charge >= 0.3 is 6.09 Å². The van der Waals surface area contributed by atoms with E-state index in [4.69, 9.17) is 14.1 Å². The molecule has 1 aromatic rings. The molecule has 1 amide bonds. The summed E-state index contributed by atoms with van der Waals surface area (Å²) >= 11 is 0. The molecule has 0 saturated carbocycles. The quantitative estimate of drug-likeness (QED) is 0.727. The first-order chi connectivity index (χ1) is 13.4. The number of fused-ring (bicyclic) bond motifs is 3. The van der Waals surface area contributed by atoms with Crippen LogP contribution in [0.3, 0.4) is 0 Å². The molecule has 0 spiro atoms. The van der Waals surface area contributed by atoms with Crippen molar-refractivity contribution in [3.05, 3.63) is 23.4 Å². The molecule has 1 N–H and O–H groups in total. The van der Waals surface area contributed by atoms with Gasteiger partial charge in [-0.15, -0.1) is 0 Å². The first-order valence-corrected chi connectivity index (χ1v) is 13.3. The first-order valence-electron chi connectivity index (χ1n) is 10.4. The Balaban J connectivity index is 1.78. The van der Waals surface area contributed by atoms with E-state index in [1.807, 2.05) is 6.07 Å². The Morgan fingerprint density at radius 2 is 2.03 bits per heavy atom. The highest BCUT2D eigenvalue weighted by Gasteiger charge is 2.41. The molecular formula is C21H35N3O4Si. The molecule has 0 radical (unpaired) electrons. The molecule has 0 aromatic carbocycles. The van der Waals surface area contributed by atoms with Crippen LogP contribution in [0.5, 0.6) is 0 Å². The maximum Gasteiger partial charge on any atom is 0.407 e. The van der Waals surface area contributed by atoms with Crippen LogP contribution in [0.15, 0.2) is 12.1 Å². The van der Waals surface area contributed by atoms with Gasteiger partial charge < -0.3 is 24.1 Å². The maximum atomic E-state index is 11.4. The molecular weight excluding hydrogens is 386 g/mol. The van der Waals surface area contributed by atoms with E-state index >= 15 is 0 Å². The van der Waals surface area contributed by atoms with Gasteiger partial charge in [-0.2, -0.15) is 0 Å². The molecule has 1 saturated heterocycles. The van der Waals surface area contributed by atoms with E-state index in [1.165, 1.54) is 10.5 Å². The van der Waals surface area contributed by atoms with Gasteiger partial charge in [-0.05, 0) is 43.1 Å². The Morgan fingerprint density at radius 1 is 1.34 bits per heavy atom. The smallest absolute Gasteiger partial charge is 0.407 e. The van der Waals surface area contributed by atoms with Crippen LogP contribution in [0.4, 0.5) is 10.6 Å². The van der Waals surface area contributed by atoms with Gasteiger partial charge in [0.2, 0.25) is 0 Å². The minimum atomic E-state index is -1.87. The SMILES string of the molecule is COC(CO[Si](C)(C)C(C)(C)C)c1ccc2c(n1)N1[C@H](C2)CN(C(=O)O)C[C@H]1C. The van der Waals surface area contributed by atoms with E-state index in [9.17, 15) is 9.90 Å². The van der Waals surface area contributed by atoms with Crippen LogP contribution in [-0.4, -0.2) is 68.3 Å². The lowest BCUT2D eigenvalue weighted by molar-refractivity contribution is 0.0496. The van der Waals surface area contributed by atoms with E-state index in [2.05, 4.69) is 51.8 Å². The number of amides is 1. The molecule has 0 bridgehead atoms. The van der Waals surface area contributed by atoms with Gasteiger partial charge in [0.25, 0.3) is 0 Å². The molecule has 162 valence electrons. The zero-order chi connectivity index (χ0) is 21.6. The lowest BCUT2D eigenvalue weighted by Gasteiger charge is -2.42. The number of hydrogen-bond acceptors (Lipinski definition) is 5. The molecule has 3 atom stereocenters. The normalized spacial score (nSPS) is 23.0. The predicted octanol–water partition coefficient (Wildman–Crippen LogP) is 3.90. The number of hydrogen-bond donors (Lipinski definition) is 1. The topological polar surface area (TPSA) is 75.1 Å². The Kier molecular flexibility index (Phi) is 6.00. The summed E-state index contributed by atoms with van der Waals surface area (Å²) in [5.74, 6) is 0.972. The van der Waals surface area contributed by atoms with Crippen molar-refractivity contribution in [2.24, 2.45) is 0 Å². The second-order valence-corrected chi connectivity index (χ2v) is 14.6. The van der Waals surface area contributed by atoms with Crippen LogP contribution in [-0.2, 0) is 15.6 Å². The van der Waals surface area contributed by atoms with Gasteiger partial charge in [-0.3, -0.25) is 0 Å². The lowest BCUT2D eigenvalue weighted by Crippen LogP contribution is -2.58. The molecule has 3 heterocycles. The number of nitrogens with zero attached hydrogens (tertiary/aromatic N) is 3. The minimum Gasteiger partial charge on any atom is -0.465 e. The van der Waals surface area contributed by atoms with Crippen molar-refractivity contribution in [2.75, 3.05) is 31.7 Å². The number of ether oxygens (including phenoxy) is 1. The summed E-state index contributed by atoms with van der Waals surface area (Å²) in [6.07, 6.45) is -0.234. The Hall–Kier alpha value is -1.64. The highest BCUT2D eigenvalue weighted by Crippen LogP contribution is 2.39. The van der Waals surface area contributed by atoms with Crippen molar-refractivity contribution >= 4 is 20.2 Å². The fourth-order valence-electron chi connectivity index (χ4n) is 3.97. The molecule has 0 aliphatic carbocycles. The van der Waals surface area contributed by atoms with Crippen molar-refractivity contribution in [3.8, 4) is 0 Å². The number of rotatable bonds is 5. The van der Waals surface area contributed by atoms with E-state index in [0.717, 1.165) is 17.9 Å². The largest absolute Gasteiger partial charge is 0.465 e. The molecule has 1 unspecified atom stereocenters. The third-order valence-corrected chi connectivity index (χ3v) is 11.2. The number of pyridine rings is 1. The predicted molar refractivity (Wildman–Crippen MR) is 116 cm³/mol. The maximum absolute atomic E-state index is 11.4. The highest BCUT2D eigenvalue weighted by atomic mass is 28.4. The van der Waals surface area contributed by atoms with Crippen molar-refractivity contribution in [1.82, 2.24) is 9.88 Å². The number of anilines is 1. The third kappa shape index (κ3) is 4.29. The second kappa shape index (κ2) is 7.89. The fourth-order valence-corrected chi connectivity index (χ4v) is 4.97. The van der Waals surface area contributed by atoms with Crippen LogP contribution in [0.1, 0.15) is 45.1 Å². The van der Waals surface area contributed by atoms with Gasteiger partial charge in [-0.25, -0.2) is 9.78 Å². The van der Waals surface area contributed by atoms with E-state index in [-0.39, 0.29) is 23.2 Å². The molecule has 29 heavy (non-hydrogen) atoms. The summed E-state index contributed by atoms with van der Waals surface area (Å²) in [5, 5.41) is 9.53. The van der Waals surface area contributed by atoms with Crippen LogP contribution in [0, 0.1) is 0 Å². The number of methoxy groups -OCH3 is 1. The van der Waals surface area contributed by atoms with Crippen molar-refractivity contribution in [2.45, 2.75) is 70.4 Å². The monoisotopic (exact) mass is 421 g/mol. The lowest BCUT2D eigenvalue weighted by atomic mass is 10.1. The summed E-state index contributed by atoms with van der Waals surface area (Å²) in [7, 11) is -0.174. The average Bonchev–Trinajstić information content (AvgIpc) is 2.99. The van der Waals surface area contributed by atoms with Crippen molar-refractivity contribution < 1.29 is 19.1 Å². The van der Waals surface area contributed by atoms with Crippen LogP contribution >= 0.6 is 0 Å². The number of aromatic nitrogens is 1. The number of piperazine rings is 1. The molecule has 3 rings (SSSR count). The van der Waals surface area contributed by atoms with Crippen LogP contribution < -0.4 is 4.90 Å². The first kappa shape index (κ1) is 22.1. The summed E-state index contributed by atoms with van der Waals surface area (Å²) in [4.78, 5) is 20.2. The van der Waals surface area contributed by atoms with Gasteiger partial charge in [0.1, 0.15) is 11.9 Å². The van der Waals surface area contributed by atoms with Gasteiger partial charge in [0.05, 0.1) is 18.3 Å². The third-order valence-electron chi connectivity index (χ3n) is 6.75. The summed E-state index contributed by atoms with van der Waals surface area (Å²) in [5.41, 5.74) is 2.05. The molecule has 8 heteroatoms. The zero-order valence-corrected chi connectivity index (χ0v) is 19.7. The average molecular weight is 422 g/mol. The van der Waals surface area contributed by atoms with Gasteiger partial charge in [0, 0.05) is 26.2 Å². The van der Waals surface area contributed by atoms with Crippen LogP contribution in [0.2, 0.25) is 18.1 Å². The summed E-state index contributed by atoms with van der Waals surface area (Å²) in [6.45, 7) is 14.7. The number of carbonyl (C=O) groups is 1. The van der Waals surface area contributed by atoms with E-state index < -0.39 is 14.4 Å². The molecule has 1 fully saturated rings. The minimum absolute atomic E-state index is 0.0957. The fraction of sp³-hybridized carbons (Fsp3) is 0.714. The molecule has 2 aliphatic heterocycles. The standard InChI is InChI=1S/C21H35N3O4Si/c1-14-11-23(20(25)26)12-16-10-15-8-9-17(22-19(15)24(14)16)18(27-5)13-28-29(6,7)21(2,3)4/h8-9,14,16,18H,10-13H2,1-7H3,(H,25,26)/t14-,16-,18?/m1/s1. The summed E-state index contributed by atoms with van der Waals surface area (Å²) < 4.78 is 12.1. The second-order valence-electron chi connectivity index (χ2n) is 9.82. The summed E-state index contributed by atoms with van der Waals surface area (Å²) in [6, 6.07) is 4.39. The highest BCUT2D eigenvalue weighted by molar-refractivity contribution is 6.74. The Morgan fingerprint density at radius 3 is 2.62 bits per heavy atom. The van der Waals surface area contributed by atoms with Crippen molar-refractivity contribution in [1.29, 1.82) is 0 Å².